The van der Waals surface area contributed by atoms with Gasteiger partial charge < -0.3 is 15.8 Å². The molecule has 1 aromatic carbocycles. The maximum absolute atomic E-state index is 14.5. The van der Waals surface area contributed by atoms with E-state index in [1.165, 1.54) is 11.0 Å². The number of pyridine rings is 1. The third kappa shape index (κ3) is 7.09. The average molecular weight is 522 g/mol. The number of hydrogen-bond donors (Lipinski definition) is 2. The molecule has 1 aliphatic carbocycles. The number of aliphatic imine (C=N–C) groups is 1. The predicted octanol–water partition coefficient (Wildman–Crippen LogP) is 3.84. The first kappa shape index (κ1) is 28.6. The fraction of sp³-hybridized carbons (Fsp3) is 0.448. The number of nitrogens with zero attached hydrogens (tertiary/aromatic N) is 3. The lowest BCUT2D eigenvalue weighted by molar-refractivity contribution is -0.130. The zero-order chi connectivity index (χ0) is 28.1. The van der Waals surface area contributed by atoms with Crippen molar-refractivity contribution in [1.82, 2.24) is 15.2 Å². The quantitative estimate of drug-likeness (QED) is 0.594. The second-order valence-corrected chi connectivity index (χ2v) is 10.9. The number of carbonyl (C=O) groups is 2. The van der Waals surface area contributed by atoms with Crippen molar-refractivity contribution in [3.05, 3.63) is 60.2 Å². The van der Waals surface area contributed by atoms with Crippen LogP contribution in [0.25, 0.3) is 0 Å². The van der Waals surface area contributed by atoms with Gasteiger partial charge in [0.05, 0.1) is 23.6 Å². The van der Waals surface area contributed by atoms with E-state index in [2.05, 4.69) is 28.1 Å². The normalized spacial score (nSPS) is 24.1. The Bertz CT molecular complexity index is 1170. The number of benzene rings is 1. The first-order chi connectivity index (χ1) is 18.0. The largest absolute Gasteiger partial charge is 0.487 e. The van der Waals surface area contributed by atoms with E-state index in [4.69, 9.17) is 10.5 Å². The van der Waals surface area contributed by atoms with Crippen molar-refractivity contribution in [2.24, 2.45) is 22.6 Å². The maximum atomic E-state index is 14.5. The van der Waals surface area contributed by atoms with Gasteiger partial charge in [0.25, 0.3) is 0 Å². The number of carbonyl (C=O) groups excluding carboxylic acids is 2. The molecule has 1 fully saturated rings. The van der Waals surface area contributed by atoms with Crippen LogP contribution in [-0.4, -0.2) is 45.3 Å². The van der Waals surface area contributed by atoms with E-state index < -0.39 is 17.2 Å². The minimum absolute atomic E-state index is 0.0249. The van der Waals surface area contributed by atoms with Crippen LogP contribution in [0, 0.1) is 30.5 Å². The molecule has 2 aliphatic heterocycles. The molecule has 3 aliphatic rings. The monoisotopic (exact) mass is 521 g/mol. The van der Waals surface area contributed by atoms with Gasteiger partial charge in [-0.3, -0.25) is 19.5 Å². The Kier molecular flexibility index (Phi) is 8.77. The molecule has 5 rings (SSSR count). The number of amides is 2. The number of hydrogen-bond acceptors (Lipinski definition) is 6. The van der Waals surface area contributed by atoms with Crippen molar-refractivity contribution in [2.45, 2.75) is 64.1 Å². The molecular formula is C29H36FN5O3. The van der Waals surface area contributed by atoms with Gasteiger partial charge in [0.15, 0.2) is 5.96 Å². The standard InChI is InChI=1S/C22H29FN4O3.C5H5N.C2H2/c1-21(2)10-17(28)27(20(24)26-21)11-12-8-13(12)19(29)25-15-9-22(3,4)30-16-7-5-6-14(23)18(15)16;1-2-4-6-5-3-1;1-2/h5-7,12-13,15H,8-11H2,1-4H3,(H2,24,26)(H,25,29);1-5H;1-2H/t12-,13?,15?;;/m1../s1. The molecule has 2 amide bonds. The molecule has 3 N–H and O–H groups in total. The van der Waals surface area contributed by atoms with Gasteiger partial charge in [0, 0.05) is 31.3 Å². The van der Waals surface area contributed by atoms with Crippen LogP contribution in [0.1, 0.15) is 58.6 Å². The van der Waals surface area contributed by atoms with E-state index in [0.29, 0.717) is 37.1 Å². The average Bonchev–Trinajstić information content (AvgIpc) is 3.62. The lowest BCUT2D eigenvalue weighted by Gasteiger charge is -2.38. The Morgan fingerprint density at radius 2 is 1.87 bits per heavy atom. The Balaban J connectivity index is 0.000000434. The molecule has 3 heterocycles. The van der Waals surface area contributed by atoms with E-state index in [1.807, 2.05) is 45.9 Å². The summed E-state index contributed by atoms with van der Waals surface area (Å²) in [5, 5.41) is 3.01. The summed E-state index contributed by atoms with van der Waals surface area (Å²) in [5.41, 5.74) is 5.38. The van der Waals surface area contributed by atoms with Crippen LogP contribution in [-0.2, 0) is 9.59 Å². The Morgan fingerprint density at radius 1 is 1.18 bits per heavy atom. The number of aromatic nitrogens is 1. The number of nitrogens with two attached hydrogens (primary N) is 1. The summed E-state index contributed by atoms with van der Waals surface area (Å²) in [6.07, 6.45) is 12.9. The molecule has 1 aromatic heterocycles. The molecule has 2 unspecified atom stereocenters. The summed E-state index contributed by atoms with van der Waals surface area (Å²) in [6, 6.07) is 9.97. The van der Waals surface area contributed by atoms with Gasteiger partial charge in [0.1, 0.15) is 17.2 Å². The number of halogens is 1. The van der Waals surface area contributed by atoms with Crippen molar-refractivity contribution in [3.8, 4) is 18.6 Å². The van der Waals surface area contributed by atoms with Gasteiger partial charge in [-0.05, 0) is 64.3 Å². The van der Waals surface area contributed by atoms with Gasteiger partial charge >= 0.3 is 0 Å². The Morgan fingerprint density at radius 3 is 2.45 bits per heavy atom. The van der Waals surface area contributed by atoms with Crippen LogP contribution < -0.4 is 15.8 Å². The summed E-state index contributed by atoms with van der Waals surface area (Å²) >= 11 is 0. The number of nitrogens with one attached hydrogen (secondary N) is 1. The Hall–Kier alpha value is -3.93. The van der Waals surface area contributed by atoms with E-state index in [-0.39, 0.29) is 35.4 Å². The molecule has 3 atom stereocenters. The number of guanidine groups is 1. The van der Waals surface area contributed by atoms with Crippen LogP contribution in [0.4, 0.5) is 4.39 Å². The second-order valence-electron chi connectivity index (χ2n) is 10.9. The summed E-state index contributed by atoms with van der Waals surface area (Å²) in [5.74, 6) is -0.0958. The molecule has 9 heteroatoms. The number of fused-ring (bicyclic) bond motifs is 1. The number of ether oxygens (including phenoxy) is 1. The zero-order valence-corrected chi connectivity index (χ0v) is 22.4. The van der Waals surface area contributed by atoms with Crippen LogP contribution in [0.5, 0.6) is 5.75 Å². The second kappa shape index (κ2) is 11.6. The number of rotatable bonds is 4. The highest BCUT2D eigenvalue weighted by Crippen LogP contribution is 2.44. The van der Waals surface area contributed by atoms with Gasteiger partial charge in [0.2, 0.25) is 11.8 Å². The summed E-state index contributed by atoms with van der Waals surface area (Å²) in [6.45, 7) is 7.97. The first-order valence-electron chi connectivity index (χ1n) is 12.6. The zero-order valence-electron chi connectivity index (χ0n) is 22.4. The van der Waals surface area contributed by atoms with Crippen LogP contribution in [0.3, 0.4) is 0 Å². The van der Waals surface area contributed by atoms with E-state index in [9.17, 15) is 14.0 Å². The summed E-state index contributed by atoms with van der Waals surface area (Å²) in [7, 11) is 0. The summed E-state index contributed by atoms with van der Waals surface area (Å²) < 4.78 is 20.4. The van der Waals surface area contributed by atoms with Crippen molar-refractivity contribution in [3.63, 3.8) is 0 Å². The van der Waals surface area contributed by atoms with Crippen LogP contribution >= 0.6 is 0 Å². The predicted molar refractivity (Wildman–Crippen MR) is 144 cm³/mol. The van der Waals surface area contributed by atoms with E-state index in [0.717, 1.165) is 0 Å². The molecule has 0 saturated heterocycles. The molecule has 38 heavy (non-hydrogen) atoms. The highest BCUT2D eigenvalue weighted by Gasteiger charge is 2.47. The highest BCUT2D eigenvalue weighted by molar-refractivity contribution is 5.99. The fourth-order valence-electron chi connectivity index (χ4n) is 4.80. The molecule has 0 bridgehead atoms. The molecule has 2 aromatic rings. The van der Waals surface area contributed by atoms with Gasteiger partial charge in [-0.15, -0.1) is 12.8 Å². The highest BCUT2D eigenvalue weighted by atomic mass is 19.1. The third-order valence-corrected chi connectivity index (χ3v) is 6.58. The van der Waals surface area contributed by atoms with Gasteiger partial charge in [-0.1, -0.05) is 12.1 Å². The SMILES string of the molecule is C#C.CC1(C)CC(=O)N(C[C@H]2CC2C(=O)NC2CC(C)(C)Oc3cccc(F)c32)C(N)=N1.c1ccncc1. The number of terminal acetylenes is 1. The minimum atomic E-state index is -0.514. The smallest absolute Gasteiger partial charge is 0.231 e. The van der Waals surface area contributed by atoms with E-state index in [1.54, 1.807) is 24.5 Å². The molecule has 1 saturated carbocycles. The molecular weight excluding hydrogens is 485 g/mol. The van der Waals surface area contributed by atoms with Crippen LogP contribution in [0.2, 0.25) is 0 Å². The Labute approximate surface area is 223 Å². The van der Waals surface area contributed by atoms with Crippen molar-refractivity contribution in [1.29, 1.82) is 0 Å². The molecule has 8 nitrogen and oxygen atoms in total. The molecule has 0 radical (unpaired) electrons. The van der Waals surface area contributed by atoms with Crippen LogP contribution in [0.15, 0.2) is 53.8 Å². The van der Waals surface area contributed by atoms with Gasteiger partial charge in [-0.2, -0.15) is 0 Å². The lowest BCUT2D eigenvalue weighted by atomic mass is 9.89. The molecule has 202 valence electrons. The van der Waals surface area contributed by atoms with E-state index >= 15 is 0 Å². The topological polar surface area (TPSA) is 110 Å². The van der Waals surface area contributed by atoms with Crippen molar-refractivity contribution < 1.29 is 18.7 Å². The lowest BCUT2D eigenvalue weighted by Crippen LogP contribution is -2.50. The minimum Gasteiger partial charge on any atom is -0.487 e. The third-order valence-electron chi connectivity index (χ3n) is 6.58. The molecule has 0 spiro atoms. The fourth-order valence-corrected chi connectivity index (χ4v) is 4.80. The first-order valence-corrected chi connectivity index (χ1v) is 12.6. The summed E-state index contributed by atoms with van der Waals surface area (Å²) in [4.78, 5) is 35.0. The maximum Gasteiger partial charge on any atom is 0.231 e. The van der Waals surface area contributed by atoms with Crippen molar-refractivity contribution >= 4 is 17.8 Å². The van der Waals surface area contributed by atoms with Crippen molar-refractivity contribution in [2.75, 3.05) is 6.54 Å². The van der Waals surface area contributed by atoms with Gasteiger partial charge in [-0.25, -0.2) is 9.38 Å².